The Labute approximate surface area is 117 Å². The number of nitrogens with zero attached hydrogens (tertiary/aromatic N) is 2. The van der Waals surface area contributed by atoms with Gasteiger partial charge < -0.3 is 14.6 Å². The number of nitrogens with one attached hydrogen (secondary N) is 1. The smallest absolute Gasteiger partial charge is 0.128 e. The Morgan fingerprint density at radius 2 is 2.05 bits per heavy atom. The van der Waals surface area contributed by atoms with Gasteiger partial charge in [0.25, 0.3) is 0 Å². The summed E-state index contributed by atoms with van der Waals surface area (Å²) in [5, 5.41) is 3.60. The molecule has 0 amide bonds. The van der Waals surface area contributed by atoms with Gasteiger partial charge in [-0.2, -0.15) is 0 Å². The topological polar surface area (TPSA) is 39.1 Å². The van der Waals surface area contributed by atoms with Gasteiger partial charge in [-0.15, -0.1) is 0 Å². The molecule has 0 aliphatic rings. The Hall–Kier alpha value is -0.870. The van der Waals surface area contributed by atoms with Crippen molar-refractivity contribution in [1.82, 2.24) is 14.9 Å². The minimum absolute atomic E-state index is 0.0602. The van der Waals surface area contributed by atoms with Crippen LogP contribution in [0.1, 0.15) is 52.9 Å². The number of imidazole rings is 1. The average Bonchev–Trinajstić information content (AvgIpc) is 2.80. The summed E-state index contributed by atoms with van der Waals surface area (Å²) in [5.74, 6) is 1.07. The van der Waals surface area contributed by atoms with Crippen molar-refractivity contribution in [1.29, 1.82) is 0 Å². The number of methoxy groups -OCH3 is 1. The van der Waals surface area contributed by atoms with Crippen molar-refractivity contribution >= 4 is 0 Å². The lowest BCUT2D eigenvalue weighted by molar-refractivity contribution is -0.0148. The van der Waals surface area contributed by atoms with Crippen LogP contribution in [-0.2, 0) is 11.3 Å². The molecule has 110 valence electrons. The van der Waals surface area contributed by atoms with Crippen molar-refractivity contribution in [2.75, 3.05) is 13.7 Å². The normalized spacial score (nSPS) is 15.5. The Kier molecular flexibility index (Phi) is 6.01. The van der Waals surface area contributed by atoms with Crippen molar-refractivity contribution in [2.45, 2.75) is 59.7 Å². The lowest BCUT2D eigenvalue weighted by atomic mass is 9.84. The zero-order valence-corrected chi connectivity index (χ0v) is 13.2. The third-order valence-electron chi connectivity index (χ3n) is 3.39. The predicted molar refractivity (Wildman–Crippen MR) is 79.2 cm³/mol. The molecule has 1 aromatic heterocycles. The van der Waals surface area contributed by atoms with Gasteiger partial charge in [0.2, 0.25) is 0 Å². The summed E-state index contributed by atoms with van der Waals surface area (Å²) in [6, 6.07) is 0.125. The molecule has 0 bridgehead atoms. The van der Waals surface area contributed by atoms with E-state index < -0.39 is 0 Å². The number of hydrogen-bond acceptors (Lipinski definition) is 3. The molecule has 1 N–H and O–H groups in total. The van der Waals surface area contributed by atoms with E-state index in [2.05, 4.69) is 49.5 Å². The molecular weight excluding hydrogens is 238 g/mol. The van der Waals surface area contributed by atoms with E-state index >= 15 is 0 Å². The Balaban J connectivity index is 3.06. The lowest BCUT2D eigenvalue weighted by Crippen LogP contribution is -2.43. The highest BCUT2D eigenvalue weighted by Crippen LogP contribution is 2.31. The summed E-state index contributed by atoms with van der Waals surface area (Å²) in [6.07, 6.45) is 5.09. The van der Waals surface area contributed by atoms with E-state index in [0.717, 1.165) is 25.3 Å². The fraction of sp³-hybridized carbons (Fsp3) is 0.800. The maximum absolute atomic E-state index is 5.78. The molecule has 0 aliphatic heterocycles. The van der Waals surface area contributed by atoms with Crippen LogP contribution in [0.5, 0.6) is 0 Å². The molecule has 2 unspecified atom stereocenters. The first-order valence-electron chi connectivity index (χ1n) is 7.22. The maximum atomic E-state index is 5.78. The fourth-order valence-electron chi connectivity index (χ4n) is 2.49. The summed E-state index contributed by atoms with van der Waals surface area (Å²) < 4.78 is 7.97. The van der Waals surface area contributed by atoms with Crippen LogP contribution in [0.25, 0.3) is 0 Å². The van der Waals surface area contributed by atoms with Gasteiger partial charge in [0.15, 0.2) is 0 Å². The molecule has 0 saturated carbocycles. The first-order chi connectivity index (χ1) is 8.95. The van der Waals surface area contributed by atoms with Crippen molar-refractivity contribution < 1.29 is 4.74 Å². The highest BCUT2D eigenvalue weighted by atomic mass is 16.5. The summed E-state index contributed by atoms with van der Waals surface area (Å²) in [4.78, 5) is 4.54. The van der Waals surface area contributed by atoms with Gasteiger partial charge in [0.1, 0.15) is 5.82 Å². The molecule has 0 saturated heterocycles. The van der Waals surface area contributed by atoms with Gasteiger partial charge in [0.05, 0.1) is 12.1 Å². The van der Waals surface area contributed by atoms with E-state index in [-0.39, 0.29) is 17.6 Å². The molecule has 4 nitrogen and oxygen atoms in total. The summed E-state index contributed by atoms with van der Waals surface area (Å²) in [7, 11) is 1.79. The number of hydrogen-bond donors (Lipinski definition) is 1. The van der Waals surface area contributed by atoms with E-state index in [1.165, 1.54) is 0 Å². The van der Waals surface area contributed by atoms with Crippen LogP contribution in [0, 0.1) is 5.41 Å². The highest BCUT2D eigenvalue weighted by Gasteiger charge is 2.35. The Bertz CT molecular complexity index is 368. The van der Waals surface area contributed by atoms with E-state index in [1.807, 2.05) is 12.4 Å². The summed E-state index contributed by atoms with van der Waals surface area (Å²) in [5.41, 5.74) is 0.0602. The average molecular weight is 267 g/mol. The highest BCUT2D eigenvalue weighted by molar-refractivity contribution is 5.05. The standard InChI is InChI=1S/C15H29N3O/c1-7-9-16-12(13(19-6)15(3,4)5)14-17-10-11-18(14)8-2/h10-13,16H,7-9H2,1-6H3. The summed E-state index contributed by atoms with van der Waals surface area (Å²) >= 11 is 0. The molecule has 2 atom stereocenters. The number of ether oxygens (including phenoxy) is 1. The third-order valence-corrected chi connectivity index (χ3v) is 3.39. The van der Waals surface area contributed by atoms with Gasteiger partial charge in [-0.05, 0) is 25.3 Å². The third kappa shape index (κ3) is 4.05. The van der Waals surface area contributed by atoms with Crippen molar-refractivity contribution in [3.8, 4) is 0 Å². The first kappa shape index (κ1) is 16.2. The zero-order valence-electron chi connectivity index (χ0n) is 13.2. The second kappa shape index (κ2) is 7.06. The zero-order chi connectivity index (χ0) is 14.5. The fourth-order valence-corrected chi connectivity index (χ4v) is 2.49. The van der Waals surface area contributed by atoms with Gasteiger partial charge in [-0.3, -0.25) is 0 Å². The first-order valence-corrected chi connectivity index (χ1v) is 7.22. The quantitative estimate of drug-likeness (QED) is 0.825. The van der Waals surface area contributed by atoms with E-state index in [1.54, 1.807) is 7.11 Å². The largest absolute Gasteiger partial charge is 0.379 e. The maximum Gasteiger partial charge on any atom is 0.128 e. The SMILES string of the molecule is CCCNC(c1nccn1CC)C(OC)C(C)(C)C. The molecule has 1 aromatic rings. The molecule has 0 aliphatic carbocycles. The Morgan fingerprint density at radius 3 is 2.53 bits per heavy atom. The van der Waals surface area contributed by atoms with Crippen LogP contribution >= 0.6 is 0 Å². The molecule has 19 heavy (non-hydrogen) atoms. The minimum Gasteiger partial charge on any atom is -0.379 e. The van der Waals surface area contributed by atoms with Crippen LogP contribution in [0.15, 0.2) is 12.4 Å². The molecule has 0 aromatic carbocycles. The van der Waals surface area contributed by atoms with Crippen LogP contribution in [-0.4, -0.2) is 29.3 Å². The second-order valence-electron chi connectivity index (χ2n) is 6.03. The van der Waals surface area contributed by atoms with E-state index in [0.29, 0.717) is 0 Å². The monoisotopic (exact) mass is 267 g/mol. The van der Waals surface area contributed by atoms with Crippen LogP contribution in [0.4, 0.5) is 0 Å². The number of aryl methyl sites for hydroxylation is 1. The van der Waals surface area contributed by atoms with Crippen molar-refractivity contribution in [3.63, 3.8) is 0 Å². The molecule has 1 heterocycles. The Morgan fingerprint density at radius 1 is 1.37 bits per heavy atom. The van der Waals surface area contributed by atoms with E-state index in [4.69, 9.17) is 4.74 Å². The molecule has 0 fully saturated rings. The molecular formula is C15H29N3O. The van der Waals surface area contributed by atoms with Crippen molar-refractivity contribution in [3.05, 3.63) is 18.2 Å². The van der Waals surface area contributed by atoms with E-state index in [9.17, 15) is 0 Å². The van der Waals surface area contributed by atoms with Gasteiger partial charge >= 0.3 is 0 Å². The number of aromatic nitrogens is 2. The molecule has 1 rings (SSSR count). The van der Waals surface area contributed by atoms with Gasteiger partial charge in [-0.25, -0.2) is 4.98 Å². The van der Waals surface area contributed by atoms with Gasteiger partial charge in [-0.1, -0.05) is 27.7 Å². The van der Waals surface area contributed by atoms with Crippen LogP contribution in [0.2, 0.25) is 0 Å². The minimum atomic E-state index is 0.0602. The molecule has 0 radical (unpaired) electrons. The predicted octanol–water partition coefficient (Wildman–Crippen LogP) is 3.00. The van der Waals surface area contributed by atoms with Crippen LogP contribution in [0.3, 0.4) is 0 Å². The number of rotatable bonds is 7. The molecule has 4 heteroatoms. The lowest BCUT2D eigenvalue weighted by Gasteiger charge is -2.36. The summed E-state index contributed by atoms with van der Waals surface area (Å²) in [6.45, 7) is 12.8. The second-order valence-corrected chi connectivity index (χ2v) is 6.03. The molecule has 0 spiro atoms. The van der Waals surface area contributed by atoms with Gasteiger partial charge in [0, 0.05) is 26.0 Å². The van der Waals surface area contributed by atoms with Crippen LogP contribution < -0.4 is 5.32 Å². The van der Waals surface area contributed by atoms with Crippen molar-refractivity contribution in [2.24, 2.45) is 5.41 Å².